The number of carbonyl (C=O) groups is 5. The fraction of sp³-hybridized carbons (Fsp3) is 0.553. The van der Waals surface area contributed by atoms with Crippen molar-refractivity contribution in [3.63, 3.8) is 0 Å². The van der Waals surface area contributed by atoms with Crippen molar-refractivity contribution in [2.24, 2.45) is 17.8 Å². The zero-order chi connectivity index (χ0) is 38.1. The molecule has 0 spiro atoms. The first-order chi connectivity index (χ1) is 24.2. The average Bonchev–Trinajstić information content (AvgIpc) is 3.10. The minimum absolute atomic E-state index is 0.0212. The molecule has 282 valence electrons. The average molecular weight is 713 g/mol. The third kappa shape index (κ3) is 14.3. The first-order valence-electron chi connectivity index (χ1n) is 17.9. The van der Waals surface area contributed by atoms with E-state index in [2.05, 4.69) is 27.0 Å². The second kappa shape index (κ2) is 21.7. The Kier molecular flexibility index (Phi) is 18.1. The number of benzene rings is 2. The Morgan fingerprint density at radius 1 is 0.745 bits per heavy atom. The number of amides is 4. The first kappa shape index (κ1) is 42.7. The van der Waals surface area contributed by atoms with Crippen LogP contribution in [0, 0.1) is 17.8 Å². The van der Waals surface area contributed by atoms with E-state index >= 15 is 0 Å². The molecule has 0 bridgehead atoms. The number of carbonyl (C=O) groups excluding carboxylic acids is 4. The molecule has 0 aliphatic carbocycles. The van der Waals surface area contributed by atoms with Crippen LogP contribution < -0.4 is 31.7 Å². The van der Waals surface area contributed by atoms with Crippen LogP contribution in [-0.2, 0) is 36.8 Å². The predicted molar refractivity (Wildman–Crippen MR) is 193 cm³/mol. The van der Waals surface area contributed by atoms with Gasteiger partial charge in [-0.2, -0.15) is 0 Å². The number of rotatable bonds is 22. The van der Waals surface area contributed by atoms with Gasteiger partial charge in [0.15, 0.2) is 0 Å². The molecule has 9 N–H and O–H groups in total. The van der Waals surface area contributed by atoms with Gasteiger partial charge in [-0.25, -0.2) is 4.79 Å². The third-order valence-corrected chi connectivity index (χ3v) is 9.02. The van der Waals surface area contributed by atoms with E-state index in [1.54, 1.807) is 45.0 Å². The molecule has 2 aromatic rings. The van der Waals surface area contributed by atoms with Gasteiger partial charge in [0.05, 0.1) is 25.0 Å². The minimum Gasteiger partial charge on any atom is -0.488 e. The molecule has 0 fully saturated rings. The summed E-state index contributed by atoms with van der Waals surface area (Å²) in [4.78, 5) is 65.3. The molecule has 4 amide bonds. The molecule has 0 saturated carbocycles. The molecule has 2 rings (SSSR count). The summed E-state index contributed by atoms with van der Waals surface area (Å²) in [5, 5.41) is 31.9. The van der Waals surface area contributed by atoms with Gasteiger partial charge in [0.2, 0.25) is 23.6 Å². The number of quaternary nitrogens is 1. The zero-order valence-corrected chi connectivity index (χ0v) is 30.8. The summed E-state index contributed by atoms with van der Waals surface area (Å²) in [6, 6.07) is 12.3. The summed E-state index contributed by atoms with van der Waals surface area (Å²) in [5.41, 5.74) is 5.28. The molecule has 0 aromatic heterocycles. The summed E-state index contributed by atoms with van der Waals surface area (Å²) in [5.74, 6) is -3.67. The van der Waals surface area contributed by atoms with Crippen molar-refractivity contribution in [2.45, 2.75) is 104 Å². The van der Waals surface area contributed by atoms with Crippen LogP contribution in [0.2, 0.25) is 0 Å². The Morgan fingerprint density at radius 2 is 1.31 bits per heavy atom. The van der Waals surface area contributed by atoms with E-state index in [1.807, 2.05) is 51.1 Å². The largest absolute Gasteiger partial charge is 0.488 e. The summed E-state index contributed by atoms with van der Waals surface area (Å²) in [7, 11) is 0. The SMILES string of the molecule is CC[C@H](C)[C@H](NC(=O)C[C@H](O)[C@H](Cc1ccccc1)NC(=O)[C@@H](NC(=O)Cc1cccc(OCC[NH3+])c1)[C@@H](C)CC)C(=O)N[C@H](C(=O)O)C(C)C. The lowest BCUT2D eigenvalue weighted by Gasteiger charge is -2.30. The van der Waals surface area contributed by atoms with Gasteiger partial charge >= 0.3 is 5.97 Å². The van der Waals surface area contributed by atoms with Crippen LogP contribution in [0.4, 0.5) is 0 Å². The number of nitrogens with one attached hydrogen (secondary N) is 4. The van der Waals surface area contributed by atoms with Crippen molar-refractivity contribution in [3.8, 4) is 5.75 Å². The number of aliphatic hydroxyl groups is 1. The van der Waals surface area contributed by atoms with E-state index in [-0.39, 0.29) is 36.5 Å². The number of carboxylic acid groups (broad SMARTS) is 1. The fourth-order valence-electron chi connectivity index (χ4n) is 5.49. The predicted octanol–water partition coefficient (Wildman–Crippen LogP) is 1.62. The molecular weight excluding hydrogens is 654 g/mol. The molecule has 0 aliphatic heterocycles. The van der Waals surface area contributed by atoms with Crippen molar-refractivity contribution >= 4 is 29.6 Å². The van der Waals surface area contributed by atoms with Crippen LogP contribution in [0.25, 0.3) is 0 Å². The molecule has 51 heavy (non-hydrogen) atoms. The van der Waals surface area contributed by atoms with Gasteiger partial charge in [-0.05, 0) is 47.4 Å². The van der Waals surface area contributed by atoms with Gasteiger partial charge < -0.3 is 42.0 Å². The summed E-state index contributed by atoms with van der Waals surface area (Å²) >= 11 is 0. The normalized spacial score (nSPS) is 15.3. The molecule has 13 heteroatoms. The van der Waals surface area contributed by atoms with Gasteiger partial charge in [0.1, 0.15) is 37.0 Å². The summed E-state index contributed by atoms with van der Waals surface area (Å²) < 4.78 is 5.63. The Hall–Kier alpha value is -4.49. The number of hydrogen-bond donors (Lipinski definition) is 7. The van der Waals surface area contributed by atoms with Gasteiger partial charge in [-0.3, -0.25) is 19.2 Å². The van der Waals surface area contributed by atoms with Crippen molar-refractivity contribution in [1.82, 2.24) is 21.3 Å². The first-order valence-corrected chi connectivity index (χ1v) is 17.9. The van der Waals surface area contributed by atoms with E-state index in [1.165, 1.54) is 0 Å². The van der Waals surface area contributed by atoms with Gasteiger partial charge in [-0.1, -0.05) is 96.8 Å². The van der Waals surface area contributed by atoms with E-state index in [0.29, 0.717) is 37.3 Å². The van der Waals surface area contributed by atoms with Crippen molar-refractivity contribution in [1.29, 1.82) is 0 Å². The Balaban J connectivity index is 2.24. The highest BCUT2D eigenvalue weighted by atomic mass is 16.5. The van der Waals surface area contributed by atoms with Crippen molar-refractivity contribution in [3.05, 3.63) is 65.7 Å². The molecule has 0 heterocycles. The van der Waals surface area contributed by atoms with E-state index in [0.717, 1.165) is 5.56 Å². The zero-order valence-electron chi connectivity index (χ0n) is 30.8. The molecule has 0 unspecified atom stereocenters. The maximum absolute atomic E-state index is 13.8. The number of aliphatic carboxylic acids is 1. The second-order valence-electron chi connectivity index (χ2n) is 13.5. The van der Waals surface area contributed by atoms with Crippen LogP contribution in [-0.4, -0.2) is 83.2 Å². The highest BCUT2D eigenvalue weighted by Crippen LogP contribution is 2.17. The molecule has 0 saturated heterocycles. The quantitative estimate of drug-likeness (QED) is 0.0952. The molecular formula is C38H58N5O8+. The standard InChI is InChI=1S/C38H57N5O8/c1-7-24(5)34(41-31(45)21-27-15-12-16-28(19-27)51-18-17-39)36(47)40-29(20-26-13-10-9-11-14-26)30(44)22-32(46)42-35(25(6)8-2)37(48)43-33(23(3)4)38(49)50/h9-16,19,23-25,29-30,33-35,44H,7-8,17-18,20-22,39H2,1-6H3,(H,40,47)(H,41,45)(H,42,46)(H,43,48)(H,49,50)/p+1/t24-,25-,29-,30-,33-,34-,35-/m0/s1. The maximum atomic E-state index is 13.8. The lowest BCUT2D eigenvalue weighted by molar-refractivity contribution is -0.370. The van der Waals surface area contributed by atoms with Gasteiger partial charge in [-0.15, -0.1) is 0 Å². The lowest BCUT2D eigenvalue weighted by atomic mass is 9.94. The Bertz CT molecular complexity index is 1420. The maximum Gasteiger partial charge on any atom is 0.326 e. The highest BCUT2D eigenvalue weighted by molar-refractivity contribution is 5.91. The topological polar surface area (TPSA) is 211 Å². The molecule has 0 aliphatic rings. The molecule has 7 atom stereocenters. The molecule has 0 radical (unpaired) electrons. The van der Waals surface area contributed by atoms with E-state index in [9.17, 15) is 34.2 Å². The highest BCUT2D eigenvalue weighted by Gasteiger charge is 2.34. The van der Waals surface area contributed by atoms with Crippen molar-refractivity contribution in [2.75, 3.05) is 13.2 Å². The molecule has 2 aromatic carbocycles. The van der Waals surface area contributed by atoms with Gasteiger partial charge in [0.25, 0.3) is 0 Å². The van der Waals surface area contributed by atoms with Gasteiger partial charge in [0, 0.05) is 0 Å². The molecule has 13 nitrogen and oxygen atoms in total. The minimum atomic E-state index is -1.37. The Morgan fingerprint density at radius 3 is 1.86 bits per heavy atom. The number of carboxylic acids is 1. The second-order valence-corrected chi connectivity index (χ2v) is 13.5. The smallest absolute Gasteiger partial charge is 0.326 e. The van der Waals surface area contributed by atoms with E-state index < -0.39 is 60.4 Å². The van der Waals surface area contributed by atoms with Crippen LogP contribution in [0.15, 0.2) is 54.6 Å². The number of ether oxygens (including phenoxy) is 1. The van der Waals surface area contributed by atoms with Crippen LogP contribution >= 0.6 is 0 Å². The van der Waals surface area contributed by atoms with Crippen LogP contribution in [0.3, 0.4) is 0 Å². The third-order valence-electron chi connectivity index (χ3n) is 9.02. The lowest BCUT2D eigenvalue weighted by Crippen LogP contribution is -2.57. The summed E-state index contributed by atoms with van der Waals surface area (Å²) in [6.07, 6.45) is -0.506. The monoisotopic (exact) mass is 712 g/mol. The number of hydrogen-bond acceptors (Lipinski definition) is 7. The van der Waals surface area contributed by atoms with Crippen molar-refractivity contribution < 1.29 is 44.7 Å². The fourth-order valence-corrected chi connectivity index (χ4v) is 5.49. The Labute approximate surface area is 301 Å². The number of aliphatic hydroxyl groups excluding tert-OH is 1. The van der Waals surface area contributed by atoms with Crippen LogP contribution in [0.1, 0.15) is 71.9 Å². The summed E-state index contributed by atoms with van der Waals surface area (Å²) in [6.45, 7) is 11.8. The van der Waals surface area contributed by atoms with Crippen LogP contribution in [0.5, 0.6) is 5.75 Å². The van der Waals surface area contributed by atoms with E-state index in [4.69, 9.17) is 4.74 Å².